The molecule has 0 saturated carbocycles. The highest BCUT2D eigenvalue weighted by atomic mass is 35.5. The quantitative estimate of drug-likeness (QED) is 0.384. The molecule has 0 amide bonds. The van der Waals surface area contributed by atoms with Crippen molar-refractivity contribution in [3.63, 3.8) is 0 Å². The molecule has 0 aliphatic rings. The molecule has 5 N–H and O–H groups in total. The van der Waals surface area contributed by atoms with Gasteiger partial charge in [-0.1, -0.05) is 16.8 Å². The normalized spacial score (nSPS) is 11.4. The third-order valence-electron chi connectivity index (χ3n) is 2.51. The van der Waals surface area contributed by atoms with Gasteiger partial charge < -0.3 is 30.6 Å². The molecule has 2 rings (SSSR count). The molecule has 0 aliphatic heterocycles. The first-order chi connectivity index (χ1) is 9.33. The minimum Gasteiger partial charge on any atom is -0.433 e. The highest BCUT2D eigenvalue weighted by Gasteiger charge is 2.33. The van der Waals surface area contributed by atoms with Gasteiger partial charge in [-0.3, -0.25) is 0 Å². The van der Waals surface area contributed by atoms with Crippen LogP contribution >= 0.6 is 11.6 Å². The Morgan fingerprint density at radius 3 is 2.70 bits per heavy atom. The molecule has 0 spiro atoms. The van der Waals surface area contributed by atoms with E-state index in [9.17, 15) is 10.2 Å². The molecule has 20 heavy (non-hydrogen) atoms. The van der Waals surface area contributed by atoms with Gasteiger partial charge in [0.05, 0.1) is 5.02 Å². The second kappa shape index (κ2) is 5.12. The average Bonchev–Trinajstić information content (AvgIpc) is 2.80. The molecule has 0 radical (unpaired) electrons. The first-order valence-corrected chi connectivity index (χ1v) is 5.88. The van der Waals surface area contributed by atoms with Crippen molar-refractivity contribution in [3.05, 3.63) is 40.2 Å². The van der Waals surface area contributed by atoms with Crippen LogP contribution in [0.2, 0.25) is 5.02 Å². The van der Waals surface area contributed by atoms with E-state index >= 15 is 0 Å². The second-order valence-corrected chi connectivity index (χ2v) is 4.50. The fourth-order valence-corrected chi connectivity index (χ4v) is 1.72. The molecule has 1 aromatic carbocycles. The number of hydrogen-bond acceptors (Lipinski definition) is 7. The summed E-state index contributed by atoms with van der Waals surface area (Å²) in [6.07, 6.45) is 1.02. The van der Waals surface area contributed by atoms with Crippen molar-refractivity contribution < 1.29 is 19.5 Å². The topological polar surface area (TPSA) is 126 Å². The minimum absolute atomic E-state index is 0.0552. The van der Waals surface area contributed by atoms with Crippen LogP contribution in [0.25, 0.3) is 0 Å². The predicted octanol–water partition coefficient (Wildman–Crippen LogP) is 1.39. The van der Waals surface area contributed by atoms with E-state index in [2.05, 4.69) is 5.16 Å². The van der Waals surface area contributed by atoms with Gasteiger partial charge in [0.15, 0.2) is 5.69 Å². The third kappa shape index (κ3) is 2.74. The maximum absolute atomic E-state index is 9.86. The maximum Gasteiger partial charge on any atom is 0.372 e. The number of hydrogen-bond donors (Lipinski definition) is 4. The molecule has 8 heteroatoms. The number of aryl methyl sites for hydroxylation is 1. The van der Waals surface area contributed by atoms with Gasteiger partial charge in [0.25, 0.3) is 0 Å². The van der Waals surface area contributed by atoms with Crippen LogP contribution in [-0.4, -0.2) is 21.6 Å². The number of benzene rings is 1. The van der Waals surface area contributed by atoms with E-state index in [1.165, 1.54) is 18.2 Å². The van der Waals surface area contributed by atoms with E-state index in [0.29, 0.717) is 11.3 Å². The van der Waals surface area contributed by atoms with Gasteiger partial charge >= 0.3 is 5.97 Å². The molecule has 0 atom stereocenters. The Morgan fingerprint density at radius 2 is 2.15 bits per heavy atom. The number of aliphatic hydroxyl groups is 2. The molecular weight excluding hydrogens is 286 g/mol. The van der Waals surface area contributed by atoms with Gasteiger partial charge in [0.1, 0.15) is 11.5 Å². The lowest BCUT2D eigenvalue weighted by Gasteiger charge is -2.21. The van der Waals surface area contributed by atoms with E-state index in [0.717, 1.165) is 6.21 Å². The summed E-state index contributed by atoms with van der Waals surface area (Å²) >= 11 is 5.93. The first-order valence-electron chi connectivity index (χ1n) is 5.50. The molecule has 0 aliphatic carbocycles. The number of ether oxygens (including phenoxy) is 1. The Labute approximate surface area is 119 Å². The van der Waals surface area contributed by atoms with Crippen molar-refractivity contribution >= 4 is 23.5 Å². The van der Waals surface area contributed by atoms with Crippen molar-refractivity contribution in [2.75, 3.05) is 5.73 Å². The molecule has 2 aromatic rings. The zero-order valence-electron chi connectivity index (χ0n) is 10.4. The molecule has 1 aromatic heterocycles. The largest absolute Gasteiger partial charge is 0.433 e. The first kappa shape index (κ1) is 14.3. The predicted molar refractivity (Wildman–Crippen MR) is 71.7 cm³/mol. The van der Waals surface area contributed by atoms with E-state index in [-0.39, 0.29) is 22.2 Å². The zero-order valence-corrected chi connectivity index (χ0v) is 11.2. The molecule has 0 fully saturated rings. The van der Waals surface area contributed by atoms with Crippen LogP contribution in [0.5, 0.6) is 5.75 Å². The Kier molecular flexibility index (Phi) is 3.67. The number of nitrogen functional groups attached to an aromatic ring is 1. The van der Waals surface area contributed by atoms with Crippen LogP contribution in [-0.2, 0) is 5.97 Å². The van der Waals surface area contributed by atoms with Gasteiger partial charge in [-0.2, -0.15) is 0 Å². The number of anilines is 1. The third-order valence-corrected chi connectivity index (χ3v) is 2.80. The van der Waals surface area contributed by atoms with Crippen molar-refractivity contribution in [1.82, 2.24) is 5.16 Å². The van der Waals surface area contributed by atoms with Gasteiger partial charge in [0.2, 0.25) is 0 Å². The van der Waals surface area contributed by atoms with Crippen molar-refractivity contribution in [2.24, 2.45) is 0 Å². The van der Waals surface area contributed by atoms with Crippen LogP contribution < -0.4 is 10.5 Å². The monoisotopic (exact) mass is 297 g/mol. The number of aromatic nitrogens is 1. The van der Waals surface area contributed by atoms with Crippen molar-refractivity contribution in [3.8, 4) is 5.75 Å². The lowest BCUT2D eigenvalue weighted by molar-refractivity contribution is -0.307. The minimum atomic E-state index is -2.71. The number of nitrogens with one attached hydrogen (secondary N) is 1. The Balaban J connectivity index is 2.34. The number of nitrogens with zero attached hydrogens (tertiary/aromatic N) is 1. The molecular formula is C12H12ClN3O4. The fourth-order valence-electron chi connectivity index (χ4n) is 1.51. The Hall–Kier alpha value is -2.09. The summed E-state index contributed by atoms with van der Waals surface area (Å²) in [6, 6.07) is 3.98. The number of rotatable bonds is 4. The molecule has 0 bridgehead atoms. The van der Waals surface area contributed by atoms with Crippen LogP contribution in [0.3, 0.4) is 0 Å². The number of halogens is 1. The van der Waals surface area contributed by atoms with Gasteiger partial charge in [-0.15, -0.1) is 0 Å². The SMILES string of the molecule is Cc1cc(C(O)(O)Oc2cc(N)c(C=N)cc2Cl)no1. The summed E-state index contributed by atoms with van der Waals surface area (Å²) in [5, 5.41) is 30.4. The van der Waals surface area contributed by atoms with E-state index in [1.807, 2.05) is 0 Å². The van der Waals surface area contributed by atoms with Crippen LogP contribution in [0, 0.1) is 12.3 Å². The summed E-state index contributed by atoms with van der Waals surface area (Å²) < 4.78 is 9.76. The lowest BCUT2D eigenvalue weighted by atomic mass is 10.2. The van der Waals surface area contributed by atoms with Crippen LogP contribution in [0.15, 0.2) is 22.7 Å². The lowest BCUT2D eigenvalue weighted by Crippen LogP contribution is -2.32. The summed E-state index contributed by atoms with van der Waals surface area (Å²) in [7, 11) is 0. The molecule has 106 valence electrons. The summed E-state index contributed by atoms with van der Waals surface area (Å²) in [6.45, 7) is 1.59. The Bertz CT molecular complexity index is 654. The highest BCUT2D eigenvalue weighted by Crippen LogP contribution is 2.33. The van der Waals surface area contributed by atoms with Crippen molar-refractivity contribution in [2.45, 2.75) is 12.9 Å². The molecule has 1 heterocycles. The Morgan fingerprint density at radius 1 is 1.45 bits per heavy atom. The van der Waals surface area contributed by atoms with E-state index < -0.39 is 5.97 Å². The highest BCUT2D eigenvalue weighted by molar-refractivity contribution is 6.32. The van der Waals surface area contributed by atoms with E-state index in [4.69, 9.17) is 32.0 Å². The van der Waals surface area contributed by atoms with Crippen molar-refractivity contribution in [1.29, 1.82) is 5.41 Å². The van der Waals surface area contributed by atoms with E-state index in [1.54, 1.807) is 6.92 Å². The smallest absolute Gasteiger partial charge is 0.372 e. The maximum atomic E-state index is 9.86. The molecule has 0 unspecified atom stereocenters. The number of nitrogens with two attached hydrogens (primary N) is 1. The standard InChI is InChI=1S/C12H12ClN3O4/c1-6-2-11(16-20-6)12(17,18)19-10-4-9(15)7(5-14)3-8(10)13/h2-5,14,17-18H,15H2,1H3. The summed E-state index contributed by atoms with van der Waals surface area (Å²) in [5.74, 6) is -2.37. The second-order valence-electron chi connectivity index (χ2n) is 4.09. The van der Waals surface area contributed by atoms with Crippen LogP contribution in [0.1, 0.15) is 17.0 Å². The van der Waals surface area contributed by atoms with Crippen LogP contribution in [0.4, 0.5) is 5.69 Å². The van der Waals surface area contributed by atoms with Gasteiger partial charge in [0, 0.05) is 29.6 Å². The summed E-state index contributed by atoms with van der Waals surface area (Å²) in [5.41, 5.74) is 6.06. The average molecular weight is 298 g/mol. The summed E-state index contributed by atoms with van der Waals surface area (Å²) in [4.78, 5) is 0. The molecule has 7 nitrogen and oxygen atoms in total. The van der Waals surface area contributed by atoms with Gasteiger partial charge in [-0.05, 0) is 13.0 Å². The fraction of sp³-hybridized carbons (Fsp3) is 0.167. The zero-order chi connectivity index (χ0) is 14.9. The van der Waals surface area contributed by atoms with Gasteiger partial charge in [-0.25, -0.2) is 0 Å². The molecule has 0 saturated heterocycles.